The number of hydrogen-bond acceptors (Lipinski definition) is 6. The lowest BCUT2D eigenvalue weighted by Crippen LogP contribution is -2.42. The Hall–Kier alpha value is -3.11. The Morgan fingerprint density at radius 2 is 1.74 bits per heavy atom. The third-order valence-electron chi connectivity index (χ3n) is 7.18. The first-order chi connectivity index (χ1) is 18.4. The average Bonchev–Trinajstić information content (AvgIpc) is 2.88. The Labute approximate surface area is 230 Å². The summed E-state index contributed by atoms with van der Waals surface area (Å²) in [6.07, 6.45) is 0.643. The number of halogens is 1. The molecular formula is C30H36FNO6S. The highest BCUT2D eigenvalue weighted by Gasteiger charge is 2.36. The molecule has 1 aliphatic rings. The molecule has 0 aliphatic carbocycles. The van der Waals surface area contributed by atoms with E-state index in [1.165, 1.54) is 6.07 Å². The van der Waals surface area contributed by atoms with Crippen molar-refractivity contribution in [1.29, 1.82) is 0 Å². The second-order valence-electron chi connectivity index (χ2n) is 10.4. The summed E-state index contributed by atoms with van der Waals surface area (Å²) in [6, 6.07) is 16.8. The number of aryl methyl sites for hydroxylation is 3. The highest BCUT2D eigenvalue weighted by molar-refractivity contribution is 8.24. The zero-order valence-electron chi connectivity index (χ0n) is 22.2. The standard InChI is InChI=1S/C30H36FNO6S/c1-20-14-26(38-19-30(35)10-12-39(36,37)13-11-30)15-21(2)29(20)24-5-3-4-22(16-24)18-32-25-8-6-23(27(31)17-25)7-9-28(33)34/h3-6,8,14-17,32,35-37H,7,9-13,18-19H2,1-2H3,(H,33,34). The minimum absolute atomic E-state index is 0.100. The number of aliphatic hydroxyl groups is 1. The molecule has 39 heavy (non-hydrogen) atoms. The number of nitrogens with one attached hydrogen (secondary N) is 1. The van der Waals surface area contributed by atoms with Gasteiger partial charge in [-0.25, -0.2) is 4.39 Å². The molecule has 0 amide bonds. The SMILES string of the molecule is Cc1cc(OCC2(O)CCS(O)(O)CC2)cc(C)c1-c1cccc(CNc2ccc(CCC(=O)O)c(F)c2)c1. The molecule has 0 aromatic heterocycles. The molecule has 5 N–H and O–H groups in total. The van der Waals surface area contributed by atoms with Crippen molar-refractivity contribution in [3.63, 3.8) is 0 Å². The van der Waals surface area contributed by atoms with E-state index in [1.54, 1.807) is 12.1 Å². The molecule has 1 heterocycles. The Morgan fingerprint density at radius 3 is 2.38 bits per heavy atom. The second-order valence-corrected chi connectivity index (χ2v) is 12.8. The predicted octanol–water partition coefficient (Wildman–Crippen LogP) is 6.39. The summed E-state index contributed by atoms with van der Waals surface area (Å²) in [7, 11) is -2.57. The molecule has 4 rings (SSSR count). The topological polar surface area (TPSA) is 119 Å². The zero-order valence-corrected chi connectivity index (χ0v) is 23.1. The molecule has 1 fully saturated rings. The van der Waals surface area contributed by atoms with Gasteiger partial charge in [-0.15, -0.1) is 0 Å². The fourth-order valence-corrected chi connectivity index (χ4v) is 6.52. The molecule has 3 aromatic carbocycles. The summed E-state index contributed by atoms with van der Waals surface area (Å²) in [5, 5.41) is 22.8. The number of rotatable bonds is 10. The van der Waals surface area contributed by atoms with E-state index in [1.807, 2.05) is 44.2 Å². The number of benzene rings is 3. The highest BCUT2D eigenvalue weighted by atomic mass is 32.3. The van der Waals surface area contributed by atoms with Gasteiger partial charge in [0.2, 0.25) is 0 Å². The van der Waals surface area contributed by atoms with Crippen LogP contribution in [0.25, 0.3) is 11.1 Å². The van der Waals surface area contributed by atoms with Gasteiger partial charge in [-0.2, -0.15) is 10.6 Å². The van der Waals surface area contributed by atoms with Gasteiger partial charge in [0.1, 0.15) is 23.8 Å². The van der Waals surface area contributed by atoms with E-state index in [-0.39, 0.29) is 31.0 Å². The van der Waals surface area contributed by atoms with Gasteiger partial charge >= 0.3 is 5.97 Å². The van der Waals surface area contributed by atoms with Crippen LogP contribution in [0, 0.1) is 19.7 Å². The van der Waals surface area contributed by atoms with Gasteiger partial charge in [0, 0.05) is 30.2 Å². The monoisotopic (exact) mass is 557 g/mol. The van der Waals surface area contributed by atoms with Crippen molar-refractivity contribution in [2.75, 3.05) is 23.4 Å². The van der Waals surface area contributed by atoms with Crippen LogP contribution >= 0.6 is 10.6 Å². The lowest BCUT2D eigenvalue weighted by molar-refractivity contribution is -0.136. The molecule has 0 atom stereocenters. The number of carboxylic acid groups (broad SMARTS) is 1. The summed E-state index contributed by atoms with van der Waals surface area (Å²) in [5.41, 5.74) is 5.15. The number of carbonyl (C=O) groups is 1. The maximum atomic E-state index is 14.4. The molecule has 9 heteroatoms. The fraction of sp³-hybridized carbons (Fsp3) is 0.367. The van der Waals surface area contributed by atoms with Crippen molar-refractivity contribution in [1.82, 2.24) is 0 Å². The van der Waals surface area contributed by atoms with Crippen LogP contribution < -0.4 is 10.1 Å². The average molecular weight is 558 g/mol. The van der Waals surface area contributed by atoms with E-state index < -0.39 is 28.0 Å². The van der Waals surface area contributed by atoms with Crippen LogP contribution in [0.1, 0.15) is 41.5 Å². The third kappa shape index (κ3) is 7.73. The largest absolute Gasteiger partial charge is 0.491 e. The van der Waals surface area contributed by atoms with E-state index in [0.717, 1.165) is 27.8 Å². The smallest absolute Gasteiger partial charge is 0.303 e. The predicted molar refractivity (Wildman–Crippen MR) is 153 cm³/mol. The highest BCUT2D eigenvalue weighted by Crippen LogP contribution is 2.47. The minimum Gasteiger partial charge on any atom is -0.491 e. The number of ether oxygens (including phenoxy) is 1. The summed E-state index contributed by atoms with van der Waals surface area (Å²) in [6.45, 7) is 4.62. The number of carboxylic acids is 1. The molecule has 0 radical (unpaired) electrons. The molecule has 7 nitrogen and oxygen atoms in total. The summed E-state index contributed by atoms with van der Waals surface area (Å²) in [5.74, 6) is -0.323. The molecule has 210 valence electrons. The van der Waals surface area contributed by atoms with E-state index in [2.05, 4.69) is 11.4 Å². The van der Waals surface area contributed by atoms with Crippen molar-refractivity contribution >= 4 is 22.2 Å². The van der Waals surface area contributed by atoms with Crippen molar-refractivity contribution in [2.24, 2.45) is 0 Å². The molecular weight excluding hydrogens is 521 g/mol. The van der Waals surface area contributed by atoms with Crippen molar-refractivity contribution in [3.05, 3.63) is 82.7 Å². The van der Waals surface area contributed by atoms with E-state index in [9.17, 15) is 23.4 Å². The van der Waals surface area contributed by atoms with Crippen LogP contribution in [0.15, 0.2) is 54.6 Å². The molecule has 1 saturated heterocycles. The van der Waals surface area contributed by atoms with E-state index in [4.69, 9.17) is 9.84 Å². The number of anilines is 1. The first kappa shape index (κ1) is 28.9. The van der Waals surface area contributed by atoms with Gasteiger partial charge in [0.05, 0.1) is 0 Å². The number of hydrogen-bond donors (Lipinski definition) is 5. The van der Waals surface area contributed by atoms with Gasteiger partial charge in [0.15, 0.2) is 0 Å². The summed E-state index contributed by atoms with van der Waals surface area (Å²) < 4.78 is 40.0. The third-order valence-corrected chi connectivity index (χ3v) is 8.89. The van der Waals surface area contributed by atoms with Gasteiger partial charge < -0.3 is 20.3 Å². The zero-order chi connectivity index (χ0) is 28.2. The van der Waals surface area contributed by atoms with Gasteiger partial charge in [-0.3, -0.25) is 13.9 Å². The number of aliphatic carboxylic acids is 1. The molecule has 0 bridgehead atoms. The van der Waals surface area contributed by atoms with Gasteiger partial charge in [-0.1, -0.05) is 24.3 Å². The first-order valence-electron chi connectivity index (χ1n) is 13.0. The molecule has 3 aromatic rings. The van der Waals surface area contributed by atoms with Crippen molar-refractivity contribution in [2.45, 2.75) is 51.7 Å². The minimum atomic E-state index is -2.57. The fourth-order valence-electron chi connectivity index (χ4n) is 4.90. The van der Waals surface area contributed by atoms with Crippen LogP contribution in [-0.2, 0) is 17.8 Å². The summed E-state index contributed by atoms with van der Waals surface area (Å²) in [4.78, 5) is 10.8. The van der Waals surface area contributed by atoms with Crippen molar-refractivity contribution < 1.29 is 33.2 Å². The quantitative estimate of drug-likeness (QED) is 0.196. The Bertz CT molecular complexity index is 1310. The van der Waals surface area contributed by atoms with Crippen LogP contribution in [-0.4, -0.2) is 49.0 Å². The maximum absolute atomic E-state index is 14.4. The normalized spacial score (nSPS) is 16.9. The van der Waals surface area contributed by atoms with Crippen LogP contribution in [0.5, 0.6) is 5.75 Å². The summed E-state index contributed by atoms with van der Waals surface area (Å²) >= 11 is 0. The van der Waals surface area contributed by atoms with E-state index in [0.29, 0.717) is 36.4 Å². The Morgan fingerprint density at radius 1 is 1.05 bits per heavy atom. The molecule has 0 unspecified atom stereocenters. The Balaban J connectivity index is 1.41. The van der Waals surface area contributed by atoms with Crippen LogP contribution in [0.3, 0.4) is 0 Å². The lowest BCUT2D eigenvalue weighted by atomic mass is 9.94. The first-order valence-corrected chi connectivity index (χ1v) is 14.8. The van der Waals surface area contributed by atoms with Crippen LogP contribution in [0.4, 0.5) is 10.1 Å². The van der Waals surface area contributed by atoms with Gasteiger partial charge in [0.25, 0.3) is 0 Å². The molecule has 0 saturated carbocycles. The molecule has 0 spiro atoms. The molecule has 1 aliphatic heterocycles. The van der Waals surface area contributed by atoms with Crippen LogP contribution in [0.2, 0.25) is 0 Å². The second kappa shape index (κ2) is 12.0. The maximum Gasteiger partial charge on any atom is 0.303 e. The van der Waals surface area contributed by atoms with Gasteiger partial charge in [-0.05, 0) is 96.8 Å². The lowest BCUT2D eigenvalue weighted by Gasteiger charge is -2.43. The van der Waals surface area contributed by atoms with E-state index >= 15 is 0 Å². The Kier molecular flexibility index (Phi) is 8.86. The van der Waals surface area contributed by atoms with Crippen molar-refractivity contribution in [3.8, 4) is 16.9 Å².